The fraction of sp³-hybridized carbons (Fsp3) is 0.368. The Kier molecular flexibility index (Phi) is 4.61. The first kappa shape index (κ1) is 14.8. The van der Waals surface area contributed by atoms with Crippen LogP contribution in [0.2, 0.25) is 0 Å². The lowest BCUT2D eigenvalue weighted by Crippen LogP contribution is -2.32. The van der Waals surface area contributed by atoms with Crippen LogP contribution in [0.15, 0.2) is 54.6 Å². The lowest BCUT2D eigenvalue weighted by Gasteiger charge is -2.37. The Labute approximate surface area is 122 Å². The molecule has 0 radical (unpaired) electrons. The molecule has 0 aliphatic heterocycles. The van der Waals surface area contributed by atoms with Gasteiger partial charge in [0.1, 0.15) is 0 Å². The molecule has 0 fully saturated rings. The molecule has 0 amide bonds. The van der Waals surface area contributed by atoms with Crippen molar-refractivity contribution in [3.8, 4) is 0 Å². The molecule has 0 aliphatic carbocycles. The number of aryl methyl sites for hydroxylation is 1. The Morgan fingerprint density at radius 2 is 1.60 bits per heavy atom. The zero-order valence-corrected chi connectivity index (χ0v) is 12.6. The quantitative estimate of drug-likeness (QED) is 0.827. The maximum absolute atomic E-state index is 11.0. The van der Waals surface area contributed by atoms with E-state index in [4.69, 9.17) is 0 Å². The number of rotatable bonds is 5. The first-order valence-electron chi connectivity index (χ1n) is 7.44. The fourth-order valence-electron chi connectivity index (χ4n) is 3.13. The molecule has 1 unspecified atom stereocenters. The van der Waals surface area contributed by atoms with Gasteiger partial charge in [0.25, 0.3) is 0 Å². The molecule has 0 aromatic heterocycles. The van der Waals surface area contributed by atoms with Gasteiger partial charge in [-0.3, -0.25) is 0 Å². The highest BCUT2D eigenvalue weighted by atomic mass is 16.3. The van der Waals surface area contributed by atoms with Crippen molar-refractivity contribution >= 4 is 0 Å². The van der Waals surface area contributed by atoms with Crippen molar-refractivity contribution in [2.24, 2.45) is 0 Å². The average Bonchev–Trinajstić information content (AvgIpc) is 2.50. The zero-order valence-electron chi connectivity index (χ0n) is 12.6. The van der Waals surface area contributed by atoms with E-state index in [1.165, 1.54) is 11.1 Å². The molecule has 2 aromatic rings. The summed E-state index contributed by atoms with van der Waals surface area (Å²) in [7, 11) is 0. The second-order valence-corrected chi connectivity index (χ2v) is 5.55. The van der Waals surface area contributed by atoms with E-state index in [1.54, 1.807) is 0 Å². The molecule has 106 valence electrons. The van der Waals surface area contributed by atoms with Crippen LogP contribution in [0.3, 0.4) is 0 Å². The van der Waals surface area contributed by atoms with Crippen molar-refractivity contribution in [3.63, 3.8) is 0 Å². The number of hydrogen-bond acceptors (Lipinski definition) is 1. The summed E-state index contributed by atoms with van der Waals surface area (Å²) in [6.45, 7) is 6.39. The SMILES string of the molecule is CCC(CC)(c1ccccc1)C(O)c1cccc(C)c1. The maximum atomic E-state index is 11.0. The summed E-state index contributed by atoms with van der Waals surface area (Å²) in [5.74, 6) is 0. The van der Waals surface area contributed by atoms with Crippen molar-refractivity contribution in [3.05, 3.63) is 71.3 Å². The van der Waals surface area contributed by atoms with Gasteiger partial charge in [-0.1, -0.05) is 74.0 Å². The van der Waals surface area contributed by atoms with E-state index in [0.29, 0.717) is 0 Å². The Morgan fingerprint density at radius 1 is 0.950 bits per heavy atom. The molecule has 1 N–H and O–H groups in total. The Balaban J connectivity index is 2.48. The van der Waals surface area contributed by atoms with Gasteiger partial charge in [-0.25, -0.2) is 0 Å². The normalized spacial score (nSPS) is 13.2. The van der Waals surface area contributed by atoms with Crippen LogP contribution in [0.1, 0.15) is 49.5 Å². The van der Waals surface area contributed by atoms with Crippen LogP contribution in [-0.2, 0) is 5.41 Å². The smallest absolute Gasteiger partial charge is 0.0886 e. The summed E-state index contributed by atoms with van der Waals surface area (Å²) in [5.41, 5.74) is 3.21. The molecule has 1 atom stereocenters. The van der Waals surface area contributed by atoms with E-state index in [1.807, 2.05) is 18.2 Å². The van der Waals surface area contributed by atoms with Crippen LogP contribution in [-0.4, -0.2) is 5.11 Å². The van der Waals surface area contributed by atoms with Crippen molar-refractivity contribution in [2.75, 3.05) is 0 Å². The third kappa shape index (κ3) is 2.64. The number of benzene rings is 2. The van der Waals surface area contributed by atoms with E-state index in [2.05, 4.69) is 57.2 Å². The van der Waals surface area contributed by atoms with Gasteiger partial charge in [0.05, 0.1) is 6.10 Å². The van der Waals surface area contributed by atoms with E-state index >= 15 is 0 Å². The monoisotopic (exact) mass is 268 g/mol. The highest BCUT2D eigenvalue weighted by Gasteiger charge is 2.37. The molecule has 0 bridgehead atoms. The summed E-state index contributed by atoms with van der Waals surface area (Å²) < 4.78 is 0. The Morgan fingerprint density at radius 3 is 2.15 bits per heavy atom. The van der Waals surface area contributed by atoms with Gasteiger partial charge in [0, 0.05) is 5.41 Å². The summed E-state index contributed by atoms with van der Waals surface area (Å²) in [6, 6.07) is 18.6. The predicted octanol–water partition coefficient (Wildman–Crippen LogP) is 4.79. The number of hydrogen-bond donors (Lipinski definition) is 1. The predicted molar refractivity (Wildman–Crippen MR) is 84.8 cm³/mol. The molecular weight excluding hydrogens is 244 g/mol. The van der Waals surface area contributed by atoms with Gasteiger partial charge >= 0.3 is 0 Å². The number of aliphatic hydroxyl groups excluding tert-OH is 1. The minimum absolute atomic E-state index is 0.213. The maximum Gasteiger partial charge on any atom is 0.0886 e. The standard InChI is InChI=1S/C19H24O/c1-4-19(5-2,17-12-7-6-8-13-17)18(20)16-11-9-10-15(3)14-16/h6-14,18,20H,4-5H2,1-3H3. The molecule has 0 spiro atoms. The lowest BCUT2D eigenvalue weighted by atomic mass is 9.69. The molecule has 0 saturated heterocycles. The molecule has 2 rings (SSSR count). The molecule has 1 nitrogen and oxygen atoms in total. The number of aliphatic hydroxyl groups is 1. The molecule has 1 heteroatoms. The third-order valence-electron chi connectivity index (χ3n) is 4.49. The van der Waals surface area contributed by atoms with Gasteiger partial charge in [-0.15, -0.1) is 0 Å². The van der Waals surface area contributed by atoms with Gasteiger partial charge in [-0.2, -0.15) is 0 Å². The van der Waals surface area contributed by atoms with E-state index < -0.39 is 6.10 Å². The van der Waals surface area contributed by atoms with Gasteiger partial charge in [0.2, 0.25) is 0 Å². The van der Waals surface area contributed by atoms with E-state index in [-0.39, 0.29) is 5.41 Å². The van der Waals surface area contributed by atoms with Crippen molar-refractivity contribution in [2.45, 2.75) is 45.1 Å². The molecule has 0 saturated carbocycles. The van der Waals surface area contributed by atoms with Gasteiger partial charge in [0.15, 0.2) is 0 Å². The first-order valence-corrected chi connectivity index (χ1v) is 7.44. The summed E-state index contributed by atoms with van der Waals surface area (Å²) >= 11 is 0. The summed E-state index contributed by atoms with van der Waals surface area (Å²) in [6.07, 6.45) is 1.37. The van der Waals surface area contributed by atoms with Crippen LogP contribution < -0.4 is 0 Å². The minimum atomic E-state index is -0.472. The highest BCUT2D eigenvalue weighted by Crippen LogP contribution is 2.43. The summed E-state index contributed by atoms with van der Waals surface area (Å²) in [5, 5.41) is 11.0. The molecule has 20 heavy (non-hydrogen) atoms. The van der Waals surface area contributed by atoms with E-state index in [9.17, 15) is 5.11 Å². The lowest BCUT2D eigenvalue weighted by molar-refractivity contribution is 0.0727. The second kappa shape index (κ2) is 6.23. The Hall–Kier alpha value is -1.60. The van der Waals surface area contributed by atoms with Crippen LogP contribution in [0.5, 0.6) is 0 Å². The third-order valence-corrected chi connectivity index (χ3v) is 4.49. The first-order chi connectivity index (χ1) is 9.64. The van der Waals surface area contributed by atoms with Crippen molar-refractivity contribution < 1.29 is 5.11 Å². The molecule has 0 aliphatic rings. The molecule has 2 aromatic carbocycles. The van der Waals surface area contributed by atoms with Crippen LogP contribution in [0.4, 0.5) is 0 Å². The van der Waals surface area contributed by atoms with E-state index in [0.717, 1.165) is 18.4 Å². The fourth-order valence-corrected chi connectivity index (χ4v) is 3.13. The van der Waals surface area contributed by atoms with Gasteiger partial charge < -0.3 is 5.11 Å². The largest absolute Gasteiger partial charge is 0.387 e. The second-order valence-electron chi connectivity index (χ2n) is 5.55. The Bertz CT molecular complexity index is 541. The highest BCUT2D eigenvalue weighted by molar-refractivity contribution is 5.33. The van der Waals surface area contributed by atoms with Crippen molar-refractivity contribution in [1.29, 1.82) is 0 Å². The molecule has 0 heterocycles. The van der Waals surface area contributed by atoms with Crippen LogP contribution in [0, 0.1) is 6.92 Å². The average molecular weight is 268 g/mol. The summed E-state index contributed by atoms with van der Waals surface area (Å²) in [4.78, 5) is 0. The van der Waals surface area contributed by atoms with Crippen LogP contribution in [0.25, 0.3) is 0 Å². The zero-order chi connectivity index (χ0) is 14.6. The van der Waals surface area contributed by atoms with Gasteiger partial charge in [-0.05, 0) is 30.9 Å². The topological polar surface area (TPSA) is 20.2 Å². The van der Waals surface area contributed by atoms with Crippen molar-refractivity contribution in [1.82, 2.24) is 0 Å². The molecular formula is C19H24O. The minimum Gasteiger partial charge on any atom is -0.387 e. The van der Waals surface area contributed by atoms with Crippen LogP contribution >= 0.6 is 0 Å².